The summed E-state index contributed by atoms with van der Waals surface area (Å²) in [5.41, 5.74) is 1.56. The summed E-state index contributed by atoms with van der Waals surface area (Å²) in [5, 5.41) is 0. The molecule has 0 fully saturated rings. The maximum atomic E-state index is 13.1. The Kier molecular flexibility index (Phi) is 2.56. The second-order valence-electron chi connectivity index (χ2n) is 3.88. The number of nitrogens with one attached hydrogen (secondary N) is 1. The minimum Gasteiger partial charge on any atom is -0.305 e. The highest BCUT2D eigenvalue weighted by molar-refractivity contribution is 9.10. The van der Waals surface area contributed by atoms with Gasteiger partial charge >= 0.3 is 5.69 Å². The third-order valence-corrected chi connectivity index (χ3v) is 3.41. The summed E-state index contributed by atoms with van der Waals surface area (Å²) in [5.74, 6) is -0.372. The molecule has 0 saturated carbocycles. The molecule has 3 aromatic rings. The summed E-state index contributed by atoms with van der Waals surface area (Å²) in [6.07, 6.45) is 0. The first kappa shape index (κ1) is 11.2. The van der Waals surface area contributed by atoms with Crippen molar-refractivity contribution in [3.8, 4) is 5.69 Å². The van der Waals surface area contributed by atoms with Gasteiger partial charge in [0.25, 0.3) is 0 Å². The van der Waals surface area contributed by atoms with Crippen LogP contribution in [0.3, 0.4) is 0 Å². The second-order valence-corrected chi connectivity index (χ2v) is 4.73. The zero-order valence-corrected chi connectivity index (χ0v) is 10.7. The standard InChI is InChI=1S/C13H8BrFN2O/c14-9-3-1-2-4-11(9)17-12-6-5-8(15)7-10(12)16-13(17)18/h1-7H,(H,16,18). The van der Waals surface area contributed by atoms with E-state index in [4.69, 9.17) is 0 Å². The third-order valence-electron chi connectivity index (χ3n) is 2.74. The van der Waals surface area contributed by atoms with E-state index >= 15 is 0 Å². The maximum Gasteiger partial charge on any atom is 0.331 e. The maximum absolute atomic E-state index is 13.1. The summed E-state index contributed by atoms with van der Waals surface area (Å²) in [7, 11) is 0. The van der Waals surface area contributed by atoms with E-state index in [0.29, 0.717) is 11.0 Å². The van der Waals surface area contributed by atoms with Gasteiger partial charge in [0.05, 0.1) is 16.7 Å². The van der Waals surface area contributed by atoms with Crippen LogP contribution >= 0.6 is 15.9 Å². The molecule has 3 nitrogen and oxygen atoms in total. The Morgan fingerprint density at radius 1 is 1.17 bits per heavy atom. The molecule has 1 N–H and O–H groups in total. The van der Waals surface area contributed by atoms with E-state index in [-0.39, 0.29) is 11.5 Å². The van der Waals surface area contributed by atoms with Gasteiger partial charge < -0.3 is 4.98 Å². The molecule has 2 aromatic carbocycles. The molecular formula is C13H8BrFN2O. The van der Waals surface area contributed by atoms with Gasteiger partial charge in [-0.05, 0) is 46.3 Å². The summed E-state index contributed by atoms with van der Waals surface area (Å²) in [6, 6.07) is 11.6. The van der Waals surface area contributed by atoms with Crippen molar-refractivity contribution < 1.29 is 4.39 Å². The molecule has 0 amide bonds. The van der Waals surface area contributed by atoms with Gasteiger partial charge in [-0.15, -0.1) is 0 Å². The third kappa shape index (κ3) is 1.67. The lowest BCUT2D eigenvalue weighted by molar-refractivity contribution is 0.629. The topological polar surface area (TPSA) is 37.8 Å². The average molecular weight is 307 g/mol. The molecule has 0 atom stereocenters. The van der Waals surface area contributed by atoms with Crippen LogP contribution < -0.4 is 5.69 Å². The number of H-pyrrole nitrogens is 1. The van der Waals surface area contributed by atoms with Crippen LogP contribution in [0.1, 0.15) is 0 Å². The van der Waals surface area contributed by atoms with Crippen molar-refractivity contribution in [3.63, 3.8) is 0 Å². The Labute approximate surface area is 110 Å². The van der Waals surface area contributed by atoms with Gasteiger partial charge in [0.1, 0.15) is 5.82 Å². The Morgan fingerprint density at radius 2 is 1.94 bits per heavy atom. The minimum absolute atomic E-state index is 0.289. The SMILES string of the molecule is O=c1[nH]c2cc(F)ccc2n1-c1ccccc1Br. The lowest BCUT2D eigenvalue weighted by atomic mass is 10.3. The van der Waals surface area contributed by atoms with Gasteiger partial charge in [0.2, 0.25) is 0 Å². The Bertz CT molecular complexity index is 791. The summed E-state index contributed by atoms with van der Waals surface area (Å²) < 4.78 is 15.4. The molecule has 1 heterocycles. The lowest BCUT2D eigenvalue weighted by Gasteiger charge is -2.05. The van der Waals surface area contributed by atoms with E-state index in [1.807, 2.05) is 24.3 Å². The number of hydrogen-bond acceptors (Lipinski definition) is 1. The number of fused-ring (bicyclic) bond motifs is 1. The van der Waals surface area contributed by atoms with E-state index < -0.39 is 0 Å². The van der Waals surface area contributed by atoms with Crippen molar-refractivity contribution in [2.45, 2.75) is 0 Å². The predicted molar refractivity (Wildman–Crippen MR) is 71.6 cm³/mol. The predicted octanol–water partition coefficient (Wildman–Crippen LogP) is 3.22. The molecule has 0 spiro atoms. The molecule has 1 aromatic heterocycles. The van der Waals surface area contributed by atoms with Crippen LogP contribution in [0.15, 0.2) is 51.7 Å². The molecule has 0 unspecified atom stereocenters. The molecule has 3 rings (SSSR count). The van der Waals surface area contributed by atoms with Crippen LogP contribution in [-0.4, -0.2) is 9.55 Å². The molecular weight excluding hydrogens is 299 g/mol. The number of aromatic nitrogens is 2. The number of hydrogen-bond donors (Lipinski definition) is 1. The van der Waals surface area contributed by atoms with Crippen LogP contribution in [0, 0.1) is 5.82 Å². The first-order valence-electron chi connectivity index (χ1n) is 5.32. The number of aromatic amines is 1. The van der Waals surface area contributed by atoms with E-state index in [1.165, 1.54) is 16.7 Å². The Morgan fingerprint density at radius 3 is 2.72 bits per heavy atom. The van der Waals surface area contributed by atoms with Gasteiger partial charge in [-0.3, -0.25) is 4.57 Å². The zero-order valence-electron chi connectivity index (χ0n) is 9.15. The van der Waals surface area contributed by atoms with Gasteiger partial charge in [0, 0.05) is 4.47 Å². The van der Waals surface area contributed by atoms with E-state index in [9.17, 15) is 9.18 Å². The summed E-state index contributed by atoms with van der Waals surface area (Å²) in [6.45, 7) is 0. The highest BCUT2D eigenvalue weighted by Gasteiger charge is 2.11. The average Bonchev–Trinajstić information content (AvgIpc) is 2.65. The van der Waals surface area contributed by atoms with Crippen molar-refractivity contribution >= 4 is 27.0 Å². The number of rotatable bonds is 1. The van der Waals surface area contributed by atoms with Crippen LogP contribution in [0.4, 0.5) is 4.39 Å². The van der Waals surface area contributed by atoms with Crippen molar-refractivity contribution in [3.05, 3.63) is 63.2 Å². The molecule has 18 heavy (non-hydrogen) atoms. The largest absolute Gasteiger partial charge is 0.331 e. The first-order chi connectivity index (χ1) is 8.66. The van der Waals surface area contributed by atoms with Crippen molar-refractivity contribution in [2.75, 3.05) is 0 Å². The highest BCUT2D eigenvalue weighted by Crippen LogP contribution is 2.23. The molecule has 0 saturated heterocycles. The summed E-state index contributed by atoms with van der Waals surface area (Å²) >= 11 is 3.40. The molecule has 0 aliphatic rings. The fraction of sp³-hybridized carbons (Fsp3) is 0. The minimum atomic E-state index is -0.372. The van der Waals surface area contributed by atoms with Crippen LogP contribution in [0.2, 0.25) is 0 Å². The van der Waals surface area contributed by atoms with E-state index in [2.05, 4.69) is 20.9 Å². The summed E-state index contributed by atoms with van der Waals surface area (Å²) in [4.78, 5) is 14.6. The Balaban J connectivity index is 2.40. The van der Waals surface area contributed by atoms with Gasteiger partial charge in [-0.2, -0.15) is 0 Å². The number of halogens is 2. The molecule has 5 heteroatoms. The Hall–Kier alpha value is -1.88. The molecule has 90 valence electrons. The molecule has 0 aliphatic heterocycles. The van der Waals surface area contributed by atoms with Crippen molar-refractivity contribution in [2.24, 2.45) is 0 Å². The zero-order chi connectivity index (χ0) is 12.7. The van der Waals surface area contributed by atoms with Gasteiger partial charge in [-0.25, -0.2) is 9.18 Å². The van der Waals surface area contributed by atoms with Gasteiger partial charge in [0.15, 0.2) is 0 Å². The molecule has 0 radical (unpaired) electrons. The monoisotopic (exact) mass is 306 g/mol. The van der Waals surface area contributed by atoms with Crippen LogP contribution in [-0.2, 0) is 0 Å². The molecule has 0 aliphatic carbocycles. The van der Waals surface area contributed by atoms with Gasteiger partial charge in [-0.1, -0.05) is 12.1 Å². The fourth-order valence-electron chi connectivity index (χ4n) is 1.96. The number of para-hydroxylation sites is 1. The quantitative estimate of drug-likeness (QED) is 0.736. The van der Waals surface area contributed by atoms with Crippen molar-refractivity contribution in [1.29, 1.82) is 0 Å². The lowest BCUT2D eigenvalue weighted by Crippen LogP contribution is -2.14. The van der Waals surface area contributed by atoms with Crippen LogP contribution in [0.5, 0.6) is 0 Å². The van der Waals surface area contributed by atoms with E-state index in [0.717, 1.165) is 10.2 Å². The number of benzene rings is 2. The van der Waals surface area contributed by atoms with Crippen molar-refractivity contribution in [1.82, 2.24) is 9.55 Å². The van der Waals surface area contributed by atoms with E-state index in [1.54, 1.807) is 6.07 Å². The molecule has 0 bridgehead atoms. The number of imidazole rings is 1. The smallest absolute Gasteiger partial charge is 0.305 e. The normalized spacial score (nSPS) is 11.0. The number of nitrogens with zero attached hydrogens (tertiary/aromatic N) is 1. The highest BCUT2D eigenvalue weighted by atomic mass is 79.9. The van der Waals surface area contributed by atoms with Crippen LogP contribution in [0.25, 0.3) is 16.7 Å². The second kappa shape index (κ2) is 4.10. The fourth-order valence-corrected chi connectivity index (χ4v) is 2.42. The first-order valence-corrected chi connectivity index (χ1v) is 6.11.